The molecule has 0 radical (unpaired) electrons. The number of anilines is 1. The topological polar surface area (TPSA) is 107 Å². The maximum Gasteiger partial charge on any atom is 0.267 e. The van der Waals surface area contributed by atoms with E-state index in [2.05, 4.69) is 10.5 Å². The lowest BCUT2D eigenvalue weighted by molar-refractivity contribution is -0.112. The highest BCUT2D eigenvalue weighted by molar-refractivity contribution is 6.32. The number of nitrogens with zero attached hydrogens (tertiary/aromatic N) is 2. The van der Waals surface area contributed by atoms with Gasteiger partial charge in [0.2, 0.25) is 0 Å². The molecular weight excluding hydrogens is 458 g/mol. The van der Waals surface area contributed by atoms with Crippen LogP contribution in [0.1, 0.15) is 23.8 Å². The van der Waals surface area contributed by atoms with Gasteiger partial charge in [-0.15, -0.1) is 0 Å². The first-order valence-electron chi connectivity index (χ1n) is 10.5. The third-order valence-corrected chi connectivity index (χ3v) is 4.78. The lowest BCUT2D eigenvalue weighted by atomic mass is 10.1. The monoisotopic (exact) mass is 481 g/mol. The van der Waals surface area contributed by atoms with Gasteiger partial charge in [0.1, 0.15) is 36.4 Å². The highest BCUT2D eigenvalue weighted by Gasteiger charge is 2.15. The largest absolute Gasteiger partial charge is 0.490 e. The maximum absolute atomic E-state index is 12.4. The molecule has 3 aromatic rings. The fourth-order valence-corrected chi connectivity index (χ4v) is 3.21. The smallest absolute Gasteiger partial charge is 0.267 e. The number of amides is 1. The van der Waals surface area contributed by atoms with E-state index in [1.165, 1.54) is 6.08 Å². The Morgan fingerprint density at radius 1 is 1.15 bits per heavy atom. The molecule has 9 heteroatoms. The number of ether oxygens (including phenoxy) is 3. The Hall–Kier alpha value is -3.96. The van der Waals surface area contributed by atoms with Gasteiger partial charge < -0.3 is 24.1 Å². The van der Waals surface area contributed by atoms with Gasteiger partial charge in [-0.05, 0) is 56.7 Å². The van der Waals surface area contributed by atoms with Gasteiger partial charge in [-0.1, -0.05) is 34.5 Å². The third-order valence-electron chi connectivity index (χ3n) is 4.50. The highest BCUT2D eigenvalue weighted by atomic mass is 35.5. The van der Waals surface area contributed by atoms with Crippen LogP contribution in [-0.2, 0) is 4.79 Å². The first-order chi connectivity index (χ1) is 16.4. The highest BCUT2D eigenvalue weighted by Crippen LogP contribution is 2.37. The summed E-state index contributed by atoms with van der Waals surface area (Å²) in [6.45, 7) is 6.45. The molecule has 0 bridgehead atoms. The van der Waals surface area contributed by atoms with Crippen LogP contribution in [0.4, 0.5) is 5.82 Å². The molecule has 0 saturated carbocycles. The Morgan fingerprint density at radius 2 is 1.88 bits per heavy atom. The first-order valence-corrected chi connectivity index (χ1v) is 10.9. The van der Waals surface area contributed by atoms with Crippen molar-refractivity contribution in [2.24, 2.45) is 0 Å². The zero-order valence-electron chi connectivity index (χ0n) is 19.1. The Kier molecular flexibility index (Phi) is 8.54. The Balaban J connectivity index is 1.71. The van der Waals surface area contributed by atoms with Gasteiger partial charge in [-0.3, -0.25) is 4.79 Å². The number of nitrogens with one attached hydrogen (secondary N) is 1. The average molecular weight is 482 g/mol. The van der Waals surface area contributed by atoms with Gasteiger partial charge in [0.15, 0.2) is 17.3 Å². The van der Waals surface area contributed by atoms with Crippen LogP contribution in [0.5, 0.6) is 17.2 Å². The molecule has 1 amide bonds. The van der Waals surface area contributed by atoms with Crippen molar-refractivity contribution < 1.29 is 23.5 Å². The number of nitriles is 1. The molecular formula is C25H24ClN3O5. The van der Waals surface area contributed by atoms with Crippen LogP contribution in [0.2, 0.25) is 5.02 Å². The van der Waals surface area contributed by atoms with Crippen molar-refractivity contribution in [2.45, 2.75) is 20.8 Å². The summed E-state index contributed by atoms with van der Waals surface area (Å²) in [7, 11) is 0. The van der Waals surface area contributed by atoms with Crippen LogP contribution in [0.3, 0.4) is 0 Å². The summed E-state index contributed by atoms with van der Waals surface area (Å²) in [5.74, 6) is 1.61. The lowest BCUT2D eigenvalue weighted by Gasteiger charge is -2.15. The van der Waals surface area contributed by atoms with Gasteiger partial charge in [0.25, 0.3) is 5.91 Å². The van der Waals surface area contributed by atoms with Crippen LogP contribution in [0.15, 0.2) is 52.6 Å². The first kappa shape index (κ1) is 24.7. The average Bonchev–Trinajstić information content (AvgIpc) is 3.22. The molecule has 0 aliphatic rings. The zero-order chi connectivity index (χ0) is 24.5. The minimum Gasteiger partial charge on any atom is -0.490 e. The van der Waals surface area contributed by atoms with Crippen molar-refractivity contribution in [3.8, 4) is 23.3 Å². The van der Waals surface area contributed by atoms with Crippen molar-refractivity contribution in [3.63, 3.8) is 0 Å². The molecule has 0 aliphatic heterocycles. The fourth-order valence-electron chi connectivity index (χ4n) is 2.94. The predicted molar refractivity (Wildman–Crippen MR) is 128 cm³/mol. The van der Waals surface area contributed by atoms with E-state index in [0.29, 0.717) is 36.0 Å². The van der Waals surface area contributed by atoms with Gasteiger partial charge in [0, 0.05) is 6.07 Å². The number of hydrogen-bond acceptors (Lipinski definition) is 7. The minimum absolute atomic E-state index is 0.140. The normalized spacial score (nSPS) is 11.0. The molecule has 0 atom stereocenters. The minimum atomic E-state index is -0.626. The SMILES string of the molecule is CCOc1cc(C=C(C#N)C(=O)Nc2cc(C)on2)cc(Cl)c1OCCOc1ccc(C)cc1. The molecule has 3 rings (SSSR count). The van der Waals surface area contributed by atoms with Crippen molar-refractivity contribution in [1.29, 1.82) is 5.26 Å². The fraction of sp³-hybridized carbons (Fsp3) is 0.240. The van der Waals surface area contributed by atoms with Gasteiger partial charge in [-0.25, -0.2) is 0 Å². The summed E-state index contributed by atoms with van der Waals surface area (Å²) in [5.41, 5.74) is 1.51. The van der Waals surface area contributed by atoms with Crippen LogP contribution >= 0.6 is 11.6 Å². The summed E-state index contributed by atoms with van der Waals surface area (Å²) in [5, 5.41) is 15.9. The molecule has 0 aliphatic carbocycles. The summed E-state index contributed by atoms with van der Waals surface area (Å²) >= 11 is 6.44. The van der Waals surface area contributed by atoms with Crippen LogP contribution in [0.25, 0.3) is 6.08 Å². The van der Waals surface area contributed by atoms with E-state index in [4.69, 9.17) is 30.3 Å². The molecule has 0 fully saturated rings. The van der Waals surface area contributed by atoms with E-state index in [1.807, 2.05) is 44.2 Å². The number of carbonyl (C=O) groups excluding carboxylic acids is 1. The van der Waals surface area contributed by atoms with Crippen molar-refractivity contribution >= 4 is 29.4 Å². The number of aromatic nitrogens is 1. The molecule has 1 aromatic heterocycles. The maximum atomic E-state index is 12.4. The summed E-state index contributed by atoms with van der Waals surface area (Å²) in [4.78, 5) is 12.4. The summed E-state index contributed by atoms with van der Waals surface area (Å²) in [6.07, 6.45) is 1.40. The van der Waals surface area contributed by atoms with Gasteiger partial charge >= 0.3 is 0 Å². The second-order valence-corrected chi connectivity index (χ2v) is 7.63. The van der Waals surface area contributed by atoms with Crippen molar-refractivity contribution in [1.82, 2.24) is 5.16 Å². The van der Waals surface area contributed by atoms with E-state index in [1.54, 1.807) is 25.1 Å². The molecule has 1 heterocycles. The van der Waals surface area contributed by atoms with Crippen molar-refractivity contribution in [2.75, 3.05) is 25.1 Å². The van der Waals surface area contributed by atoms with E-state index < -0.39 is 5.91 Å². The van der Waals surface area contributed by atoms with Crippen molar-refractivity contribution in [3.05, 3.63) is 69.9 Å². The third kappa shape index (κ3) is 6.77. The Bertz CT molecular complexity index is 1210. The Labute approximate surface area is 202 Å². The standard InChI is InChI=1S/C25H24ClN3O5/c1-4-31-22-14-18(12-19(15-27)25(30)28-23-11-17(3)34-29-23)13-21(26)24(22)33-10-9-32-20-7-5-16(2)6-8-20/h5-8,11-14H,4,9-10H2,1-3H3,(H,28,29,30). The summed E-state index contributed by atoms with van der Waals surface area (Å²) in [6, 6.07) is 14.4. The molecule has 0 spiro atoms. The Morgan fingerprint density at radius 3 is 2.53 bits per heavy atom. The van der Waals surface area contributed by atoms with E-state index in [0.717, 1.165) is 11.3 Å². The number of aryl methyl sites for hydroxylation is 2. The van der Waals surface area contributed by atoms with E-state index in [9.17, 15) is 10.1 Å². The molecule has 0 saturated heterocycles. The predicted octanol–water partition coefficient (Wildman–Crippen LogP) is 5.35. The number of carbonyl (C=O) groups is 1. The van der Waals surface area contributed by atoms with E-state index in [-0.39, 0.29) is 23.0 Å². The molecule has 1 N–H and O–H groups in total. The van der Waals surface area contributed by atoms with Gasteiger partial charge in [-0.2, -0.15) is 5.26 Å². The molecule has 2 aromatic carbocycles. The number of hydrogen-bond donors (Lipinski definition) is 1. The quantitative estimate of drug-likeness (QED) is 0.236. The molecule has 0 unspecified atom stereocenters. The number of rotatable bonds is 10. The lowest BCUT2D eigenvalue weighted by Crippen LogP contribution is -2.13. The van der Waals surface area contributed by atoms with Crippen LogP contribution < -0.4 is 19.5 Å². The second-order valence-electron chi connectivity index (χ2n) is 7.22. The molecule has 8 nitrogen and oxygen atoms in total. The molecule has 176 valence electrons. The number of benzene rings is 2. The van der Waals surface area contributed by atoms with Gasteiger partial charge in [0.05, 0.1) is 11.6 Å². The molecule has 34 heavy (non-hydrogen) atoms. The van der Waals surface area contributed by atoms with Crippen LogP contribution in [0, 0.1) is 25.2 Å². The number of halogens is 1. The second kappa shape index (κ2) is 11.8. The van der Waals surface area contributed by atoms with Crippen LogP contribution in [-0.4, -0.2) is 30.9 Å². The summed E-state index contributed by atoms with van der Waals surface area (Å²) < 4.78 is 22.1. The van der Waals surface area contributed by atoms with E-state index >= 15 is 0 Å². The zero-order valence-corrected chi connectivity index (χ0v) is 19.8.